The third-order valence-corrected chi connectivity index (χ3v) is 3.22. The number of nitrogens with zero attached hydrogens (tertiary/aromatic N) is 2. The Kier molecular flexibility index (Phi) is 14.8. The highest BCUT2D eigenvalue weighted by Crippen LogP contribution is 2.04. The predicted octanol–water partition coefficient (Wildman–Crippen LogP) is 2.19. The summed E-state index contributed by atoms with van der Waals surface area (Å²) in [5.74, 6) is 0. The lowest BCUT2D eigenvalue weighted by molar-refractivity contribution is 0.559. The second-order valence-corrected chi connectivity index (χ2v) is 5.55. The van der Waals surface area contributed by atoms with Crippen LogP contribution in [0.25, 0.3) is 0 Å². The zero-order valence-electron chi connectivity index (χ0n) is 18.3. The second-order valence-electron chi connectivity index (χ2n) is 5.14. The first-order chi connectivity index (χ1) is 15.5. The third kappa shape index (κ3) is 10.7. The minimum absolute atomic E-state index is 0.118. The molecule has 0 unspecified atom stereocenters. The van der Waals surface area contributed by atoms with Gasteiger partial charge in [-0.05, 0) is 36.4 Å². The SMILES string of the molecule is CC.CC.O=S(=O)=O.O=c1ccc(=NNc2ccccc2)c(=O)c1=NNc1ccccc1. The molecule has 0 aliphatic carbocycles. The van der Waals surface area contributed by atoms with Crippen LogP contribution in [-0.4, -0.2) is 12.6 Å². The van der Waals surface area contributed by atoms with Crippen molar-refractivity contribution in [2.24, 2.45) is 10.2 Å². The van der Waals surface area contributed by atoms with Gasteiger partial charge in [0.1, 0.15) is 5.36 Å². The van der Waals surface area contributed by atoms with Gasteiger partial charge in [0.15, 0.2) is 5.36 Å². The lowest BCUT2D eigenvalue weighted by Gasteiger charge is -1.98. The van der Waals surface area contributed by atoms with Gasteiger partial charge in [-0.15, -0.1) is 12.6 Å². The second kappa shape index (κ2) is 16.8. The van der Waals surface area contributed by atoms with Gasteiger partial charge in [0.05, 0.1) is 11.4 Å². The van der Waals surface area contributed by atoms with Crippen LogP contribution in [0.15, 0.2) is 92.6 Å². The van der Waals surface area contributed by atoms with E-state index < -0.39 is 21.5 Å². The van der Waals surface area contributed by atoms with Gasteiger partial charge in [0.2, 0.25) is 10.9 Å². The van der Waals surface area contributed by atoms with Crippen molar-refractivity contribution in [3.05, 3.63) is 104 Å². The van der Waals surface area contributed by atoms with E-state index in [-0.39, 0.29) is 10.7 Å². The number of para-hydroxylation sites is 2. The molecule has 0 atom stereocenters. The molecule has 3 aromatic rings. The molecule has 0 bridgehead atoms. The lowest BCUT2D eigenvalue weighted by atomic mass is 10.3. The zero-order valence-corrected chi connectivity index (χ0v) is 19.1. The molecule has 0 saturated carbocycles. The van der Waals surface area contributed by atoms with Gasteiger partial charge >= 0.3 is 10.6 Å². The molecule has 32 heavy (non-hydrogen) atoms. The van der Waals surface area contributed by atoms with E-state index >= 15 is 0 Å². The van der Waals surface area contributed by atoms with Gasteiger partial charge in [-0.25, -0.2) is 0 Å². The zero-order chi connectivity index (χ0) is 24.4. The molecule has 2 N–H and O–H groups in total. The summed E-state index contributed by atoms with van der Waals surface area (Å²) in [5, 5.41) is 7.89. The topological polar surface area (TPSA) is 134 Å². The van der Waals surface area contributed by atoms with Crippen LogP contribution in [0, 0.1) is 0 Å². The Morgan fingerprint density at radius 2 is 1.03 bits per heavy atom. The summed E-state index contributed by atoms with van der Waals surface area (Å²) in [5.41, 5.74) is 5.92. The molecular weight excluding hydrogens is 432 g/mol. The predicted molar refractivity (Wildman–Crippen MR) is 125 cm³/mol. The highest BCUT2D eigenvalue weighted by molar-refractivity contribution is 7.59. The Morgan fingerprint density at radius 3 is 1.47 bits per heavy atom. The van der Waals surface area contributed by atoms with Crippen molar-refractivity contribution in [1.29, 1.82) is 0 Å². The van der Waals surface area contributed by atoms with Crippen LogP contribution in [0.1, 0.15) is 27.7 Å². The maximum Gasteiger partial charge on any atom is 0.425 e. The van der Waals surface area contributed by atoms with Crippen molar-refractivity contribution >= 4 is 22.0 Å². The van der Waals surface area contributed by atoms with Gasteiger partial charge in [0.25, 0.3) is 0 Å². The molecule has 0 aliphatic rings. The summed E-state index contributed by atoms with van der Waals surface area (Å²) in [6.45, 7) is 8.00. The average Bonchev–Trinajstić information content (AvgIpc) is 2.82. The Balaban J connectivity index is 0.00000106. The molecule has 0 radical (unpaired) electrons. The Morgan fingerprint density at radius 1 is 0.625 bits per heavy atom. The van der Waals surface area contributed by atoms with Gasteiger partial charge < -0.3 is 0 Å². The number of rotatable bonds is 4. The van der Waals surface area contributed by atoms with Crippen LogP contribution in [0.4, 0.5) is 11.4 Å². The van der Waals surface area contributed by atoms with Crippen LogP contribution >= 0.6 is 0 Å². The molecule has 0 fully saturated rings. The highest BCUT2D eigenvalue weighted by atomic mass is 32.2. The largest absolute Gasteiger partial charge is 0.425 e. The molecule has 0 aromatic heterocycles. The van der Waals surface area contributed by atoms with Gasteiger partial charge in [0, 0.05) is 0 Å². The van der Waals surface area contributed by atoms with Crippen molar-refractivity contribution < 1.29 is 12.6 Å². The van der Waals surface area contributed by atoms with Crippen LogP contribution in [0.5, 0.6) is 0 Å². The van der Waals surface area contributed by atoms with Crippen molar-refractivity contribution in [3.63, 3.8) is 0 Å². The Labute approximate surface area is 187 Å². The first kappa shape index (κ1) is 28.1. The van der Waals surface area contributed by atoms with E-state index in [9.17, 15) is 9.59 Å². The molecule has 3 aromatic carbocycles. The van der Waals surface area contributed by atoms with E-state index in [0.717, 1.165) is 5.69 Å². The van der Waals surface area contributed by atoms with Crippen molar-refractivity contribution in [2.45, 2.75) is 27.7 Å². The molecule has 3 rings (SSSR count). The van der Waals surface area contributed by atoms with E-state index in [1.165, 1.54) is 12.1 Å². The number of hydrogen-bond acceptors (Lipinski definition) is 9. The molecular formula is C22H26N4O5S. The van der Waals surface area contributed by atoms with Gasteiger partial charge in [-0.1, -0.05) is 64.1 Å². The molecule has 9 nitrogen and oxygen atoms in total. The van der Waals surface area contributed by atoms with Gasteiger partial charge in [-0.3, -0.25) is 20.4 Å². The van der Waals surface area contributed by atoms with Crippen LogP contribution in [0.2, 0.25) is 0 Å². The monoisotopic (exact) mass is 458 g/mol. The number of anilines is 2. The summed E-state index contributed by atoms with van der Waals surface area (Å²) in [6, 6.07) is 20.9. The first-order valence-corrected chi connectivity index (χ1v) is 10.8. The summed E-state index contributed by atoms with van der Waals surface area (Å²) < 4.78 is 25.3. The normalized spacial score (nSPS) is 10.2. The summed E-state index contributed by atoms with van der Waals surface area (Å²) in [7, 11) is -3.11. The number of benzene rings is 3. The van der Waals surface area contributed by atoms with Crippen LogP contribution in [0.3, 0.4) is 0 Å². The molecule has 0 heterocycles. The minimum atomic E-state index is -3.11. The van der Waals surface area contributed by atoms with E-state index in [1.54, 1.807) is 12.1 Å². The van der Waals surface area contributed by atoms with Crippen LogP contribution < -0.4 is 32.4 Å². The highest BCUT2D eigenvalue weighted by Gasteiger charge is 2.01. The van der Waals surface area contributed by atoms with E-state index in [4.69, 9.17) is 12.6 Å². The van der Waals surface area contributed by atoms with Crippen molar-refractivity contribution in [3.8, 4) is 0 Å². The molecule has 0 amide bonds. The fourth-order valence-corrected chi connectivity index (χ4v) is 2.01. The fourth-order valence-electron chi connectivity index (χ4n) is 2.01. The standard InChI is InChI=1S/C18H14N4O2.2C2H6.O3S/c23-16-12-11-15(21-19-13-7-3-1-4-8-13)18(24)17(16)22-20-14-9-5-2-6-10-14;2*1-2;1-4(2)3/h1-12,19-20H;2*1-2H3;. The van der Waals surface area contributed by atoms with E-state index in [0.29, 0.717) is 5.69 Å². The Bertz CT molecular complexity index is 1250. The molecule has 170 valence electrons. The van der Waals surface area contributed by atoms with E-state index in [2.05, 4.69) is 21.1 Å². The van der Waals surface area contributed by atoms with Gasteiger partial charge in [-0.2, -0.15) is 10.2 Å². The molecule has 0 aliphatic heterocycles. The smallest absolute Gasteiger partial charge is 0.287 e. The molecule has 0 spiro atoms. The quantitative estimate of drug-likeness (QED) is 0.572. The van der Waals surface area contributed by atoms with E-state index in [1.807, 2.05) is 76.2 Å². The van der Waals surface area contributed by atoms with Crippen molar-refractivity contribution in [2.75, 3.05) is 10.9 Å². The maximum absolute atomic E-state index is 12.4. The minimum Gasteiger partial charge on any atom is -0.287 e. The third-order valence-electron chi connectivity index (χ3n) is 3.22. The Hall–Kier alpha value is -3.92. The summed E-state index contributed by atoms with van der Waals surface area (Å²) in [6.07, 6.45) is 0. The first-order valence-electron chi connectivity index (χ1n) is 9.78. The summed E-state index contributed by atoms with van der Waals surface area (Å²) in [4.78, 5) is 24.3. The van der Waals surface area contributed by atoms with Crippen LogP contribution in [-0.2, 0) is 10.6 Å². The lowest BCUT2D eigenvalue weighted by Crippen LogP contribution is -2.47. The summed E-state index contributed by atoms with van der Waals surface area (Å²) >= 11 is 0. The fraction of sp³-hybridized carbons (Fsp3) is 0.182. The molecule has 10 heteroatoms. The number of hydrogen-bond donors (Lipinski definition) is 2. The maximum atomic E-state index is 12.4. The number of nitrogens with one attached hydrogen (secondary N) is 2. The molecule has 0 saturated heterocycles. The van der Waals surface area contributed by atoms with Crippen molar-refractivity contribution in [1.82, 2.24) is 0 Å². The average molecular weight is 459 g/mol.